The quantitative estimate of drug-likeness (QED) is 0.0473. The molecule has 1 aromatic carbocycles. The fraction of sp³-hybridized carbons (Fsp3) is 0.500. The number of benzene rings is 1. The predicted molar refractivity (Wildman–Crippen MR) is 208 cm³/mol. The van der Waals surface area contributed by atoms with Crippen molar-refractivity contribution in [1.29, 1.82) is 0 Å². The van der Waals surface area contributed by atoms with E-state index >= 15 is 0 Å². The van der Waals surface area contributed by atoms with Gasteiger partial charge in [-0.15, -0.1) is 6.58 Å². The topological polar surface area (TPSA) is 62.9 Å². The molecule has 1 saturated heterocycles. The zero-order valence-electron chi connectivity index (χ0n) is 28.1. The Bertz CT molecular complexity index is 1100. The van der Waals surface area contributed by atoms with Crippen LogP contribution in [0.1, 0.15) is 73.1 Å². The molecule has 0 bridgehead atoms. The lowest BCUT2D eigenvalue weighted by molar-refractivity contribution is 0.198. The van der Waals surface area contributed by atoms with E-state index in [1.165, 1.54) is 25.7 Å². The van der Waals surface area contributed by atoms with Gasteiger partial charge in [-0.2, -0.15) is 4.99 Å². The smallest absolute Gasteiger partial charge is 0.199 e. The molecule has 1 aliphatic rings. The number of rotatable bonds is 15. The summed E-state index contributed by atoms with van der Waals surface area (Å²) in [6, 6.07) is 8.31. The van der Waals surface area contributed by atoms with E-state index in [0.29, 0.717) is 16.3 Å². The largest absolute Gasteiger partial charge is 0.492 e. The summed E-state index contributed by atoms with van der Waals surface area (Å²) < 4.78 is 5.94. The van der Waals surface area contributed by atoms with Gasteiger partial charge in [0.25, 0.3) is 0 Å². The molecule has 8 heteroatoms. The predicted octanol–water partition coefficient (Wildman–Crippen LogP) is 10.3. The van der Waals surface area contributed by atoms with Crippen LogP contribution in [0.2, 0.25) is 0 Å². The summed E-state index contributed by atoms with van der Waals surface area (Å²) in [5, 5.41) is 4.74. The minimum Gasteiger partial charge on any atom is -0.492 e. The average Bonchev–Trinajstić information content (AvgIpc) is 3.45. The molecule has 1 heterocycles. The van der Waals surface area contributed by atoms with Crippen LogP contribution in [0.5, 0.6) is 5.75 Å². The van der Waals surface area contributed by atoms with E-state index in [1.54, 1.807) is 11.8 Å². The lowest BCUT2D eigenvalue weighted by atomic mass is 9.82. The molecule has 0 radical (unpaired) electrons. The van der Waals surface area contributed by atoms with E-state index in [1.807, 2.05) is 57.2 Å². The van der Waals surface area contributed by atoms with Gasteiger partial charge in [0.2, 0.25) is 0 Å². The van der Waals surface area contributed by atoms with Gasteiger partial charge in [-0.05, 0) is 99.2 Å². The highest BCUT2D eigenvalue weighted by Gasteiger charge is 2.24. The zero-order chi connectivity index (χ0) is 33.5. The number of halogens is 1. The summed E-state index contributed by atoms with van der Waals surface area (Å²) in [4.78, 5) is 6.71. The van der Waals surface area contributed by atoms with E-state index in [9.17, 15) is 0 Å². The van der Waals surface area contributed by atoms with Crippen molar-refractivity contribution in [1.82, 2.24) is 4.90 Å². The summed E-state index contributed by atoms with van der Waals surface area (Å²) in [6.45, 7) is 27.7. The van der Waals surface area contributed by atoms with Crippen LogP contribution < -0.4 is 15.8 Å². The van der Waals surface area contributed by atoms with Crippen LogP contribution in [-0.4, -0.2) is 52.5 Å². The van der Waals surface area contributed by atoms with Gasteiger partial charge in [0.05, 0.1) is 0 Å². The van der Waals surface area contributed by atoms with Gasteiger partial charge in [-0.3, -0.25) is 0 Å². The second-order valence-corrected chi connectivity index (χ2v) is 12.7. The van der Waals surface area contributed by atoms with E-state index in [0.717, 1.165) is 65.2 Å². The summed E-state index contributed by atoms with van der Waals surface area (Å²) in [7, 11) is 2.16. The molecular formula is C36H57BrN4OS2. The second-order valence-electron chi connectivity index (χ2n) is 10.7. The van der Waals surface area contributed by atoms with Gasteiger partial charge in [-0.1, -0.05) is 112 Å². The third-order valence-electron chi connectivity index (χ3n) is 7.29. The number of nitrogens with zero attached hydrogens (tertiary/aromatic N) is 2. The van der Waals surface area contributed by atoms with Crippen molar-refractivity contribution in [2.45, 2.75) is 79.2 Å². The number of nitrogens with one attached hydrogen (secondary N) is 1. The van der Waals surface area contributed by atoms with Gasteiger partial charge >= 0.3 is 0 Å². The maximum Gasteiger partial charge on any atom is 0.199 e. The monoisotopic (exact) mass is 704 g/mol. The highest BCUT2D eigenvalue weighted by molar-refractivity contribution is 9.09. The first-order valence-electron chi connectivity index (χ1n) is 15.6. The van der Waals surface area contributed by atoms with Crippen molar-refractivity contribution in [2.24, 2.45) is 16.1 Å². The number of hydrogen-bond donors (Lipinski definition) is 2. The number of likely N-dealkylation sites (N-methyl/N-ethyl adjacent to an activating group) is 1. The molecule has 44 heavy (non-hydrogen) atoms. The fourth-order valence-corrected chi connectivity index (χ4v) is 5.84. The third-order valence-corrected chi connectivity index (χ3v) is 9.27. The summed E-state index contributed by atoms with van der Waals surface area (Å²) >= 11 is 10.2. The molecule has 2 unspecified atom stereocenters. The Kier molecular flexibility index (Phi) is 23.0. The molecule has 2 atom stereocenters. The SMILES string of the molecule is C=C(C)/C=C\C(=C)C(=C)CBr.C=CC(CC)(CCCC)CS/C(N)=N/C(=S)Nc1ccc(OCC2CCCN2C)cc1.CC. The number of anilines is 1. The number of likely N-dealkylation sites (tertiary alicyclic amines) is 1. The first-order valence-corrected chi connectivity index (χ1v) is 18.1. The number of unbranched alkanes of at least 4 members (excludes halogenated alkanes) is 1. The number of ether oxygens (including phenoxy) is 1. The molecule has 0 aliphatic carbocycles. The molecule has 1 fully saturated rings. The van der Waals surface area contributed by atoms with Gasteiger partial charge < -0.3 is 20.7 Å². The number of thiocarbonyl (C=S) groups is 1. The molecule has 1 aliphatic heterocycles. The summed E-state index contributed by atoms with van der Waals surface area (Å²) in [5.74, 6) is 1.73. The normalized spacial score (nSPS) is 16.1. The Morgan fingerprint density at radius 2 is 1.89 bits per heavy atom. The maximum atomic E-state index is 6.14. The van der Waals surface area contributed by atoms with Crippen molar-refractivity contribution < 1.29 is 4.74 Å². The zero-order valence-corrected chi connectivity index (χ0v) is 31.3. The highest BCUT2D eigenvalue weighted by atomic mass is 79.9. The molecular weight excluding hydrogens is 648 g/mol. The third kappa shape index (κ3) is 17.4. The fourth-order valence-electron chi connectivity index (χ4n) is 4.15. The van der Waals surface area contributed by atoms with Crippen LogP contribution >= 0.6 is 39.9 Å². The molecule has 2 rings (SSSR count). The molecule has 0 saturated carbocycles. The van der Waals surface area contributed by atoms with Gasteiger partial charge in [0, 0.05) is 22.8 Å². The number of allylic oxidation sites excluding steroid dienone is 6. The van der Waals surface area contributed by atoms with E-state index < -0.39 is 0 Å². The van der Waals surface area contributed by atoms with Crippen molar-refractivity contribution in [3.63, 3.8) is 0 Å². The Morgan fingerprint density at radius 1 is 1.23 bits per heavy atom. The molecule has 3 N–H and O–H groups in total. The van der Waals surface area contributed by atoms with Gasteiger partial charge in [0.1, 0.15) is 12.4 Å². The van der Waals surface area contributed by atoms with Crippen molar-refractivity contribution in [3.05, 3.63) is 85.5 Å². The van der Waals surface area contributed by atoms with Crippen LogP contribution in [0.15, 0.2) is 90.5 Å². The Labute approximate surface area is 287 Å². The van der Waals surface area contributed by atoms with Crippen LogP contribution in [-0.2, 0) is 0 Å². The van der Waals surface area contributed by atoms with Crippen molar-refractivity contribution in [2.75, 3.05) is 36.6 Å². The van der Waals surface area contributed by atoms with Gasteiger partial charge in [0.15, 0.2) is 10.3 Å². The number of amidine groups is 1. The Morgan fingerprint density at radius 3 is 2.39 bits per heavy atom. The number of aliphatic imine (C=N–C) groups is 1. The second kappa shape index (κ2) is 24.1. The van der Waals surface area contributed by atoms with Crippen LogP contribution in [0, 0.1) is 5.41 Å². The minimum absolute atomic E-state index is 0.0962. The highest BCUT2D eigenvalue weighted by Crippen LogP contribution is 2.34. The molecule has 0 amide bonds. The van der Waals surface area contributed by atoms with Crippen molar-refractivity contribution in [3.8, 4) is 5.75 Å². The molecule has 5 nitrogen and oxygen atoms in total. The first kappa shape index (κ1) is 41.9. The van der Waals surface area contributed by atoms with Crippen LogP contribution in [0.25, 0.3) is 0 Å². The molecule has 0 aromatic heterocycles. The minimum atomic E-state index is 0.0962. The molecule has 246 valence electrons. The Hall–Kier alpha value is -2.13. The van der Waals surface area contributed by atoms with Crippen LogP contribution in [0.4, 0.5) is 5.69 Å². The first-order chi connectivity index (χ1) is 21.0. The lowest BCUT2D eigenvalue weighted by Crippen LogP contribution is -2.30. The lowest BCUT2D eigenvalue weighted by Gasteiger charge is -2.28. The number of alkyl halides is 1. The number of hydrogen-bond acceptors (Lipinski definition) is 4. The average molecular weight is 706 g/mol. The molecule has 0 spiro atoms. The van der Waals surface area contributed by atoms with E-state index in [2.05, 4.69) is 84.4 Å². The van der Waals surface area contributed by atoms with Crippen LogP contribution in [0.3, 0.4) is 0 Å². The van der Waals surface area contributed by atoms with Gasteiger partial charge in [-0.25, -0.2) is 0 Å². The van der Waals surface area contributed by atoms with Crippen molar-refractivity contribution >= 4 is 55.9 Å². The summed E-state index contributed by atoms with van der Waals surface area (Å²) in [6.07, 6.45) is 12.9. The van der Waals surface area contributed by atoms with E-state index in [-0.39, 0.29) is 5.41 Å². The maximum absolute atomic E-state index is 6.14. The standard InChI is InChI=1S/C24H38N4OS2.C10H13Br.C2H6/c1-5-8-15-24(6-2,7-3)18-31-22(25)27-23(30)26-19-11-13-21(14-12-19)29-17-20-10-9-16-28(20)4;1-8(2)5-6-9(3)10(4)7-11;1-2/h6,11-14,20H,2,5,7-10,15-18H2,1,3-4H3,(H3,25,26,27,30);5-6H,1,3-4,7H2,2H3;1-2H3/b;6-5-;. The molecule has 1 aromatic rings. The number of nitrogens with two attached hydrogens (primary N) is 1. The summed E-state index contributed by atoms with van der Waals surface area (Å²) in [5.41, 5.74) is 10.1. The number of thioether (sulfide) groups is 1. The van der Waals surface area contributed by atoms with E-state index in [4.69, 9.17) is 22.7 Å². The Balaban J connectivity index is 0.00000120.